The van der Waals surface area contributed by atoms with Crippen LogP contribution in [-0.2, 0) is 14.3 Å². The Morgan fingerprint density at radius 2 is 1.78 bits per heavy atom. The summed E-state index contributed by atoms with van der Waals surface area (Å²) in [7, 11) is 0. The zero-order valence-electron chi connectivity index (χ0n) is 14.6. The topological polar surface area (TPSA) is 73.9 Å². The molecule has 27 heavy (non-hydrogen) atoms. The first-order valence-electron chi connectivity index (χ1n) is 8.13. The number of nitrogens with one attached hydrogen (secondary N) is 1. The number of carbonyl (C=O) groups is 2. The number of aryl methyl sites for hydroxylation is 1. The van der Waals surface area contributed by atoms with Gasteiger partial charge in [0, 0.05) is 0 Å². The summed E-state index contributed by atoms with van der Waals surface area (Å²) in [5.41, 5.74) is 1.15. The van der Waals surface area contributed by atoms with Crippen molar-refractivity contribution in [3.05, 3.63) is 54.1 Å². The summed E-state index contributed by atoms with van der Waals surface area (Å²) in [5.74, 6) is -0.844. The summed E-state index contributed by atoms with van der Waals surface area (Å²) in [6.07, 6.45) is -0.0355. The lowest BCUT2D eigenvalue weighted by Crippen LogP contribution is -2.22. The van der Waals surface area contributed by atoms with Crippen molar-refractivity contribution >= 4 is 17.6 Å². The van der Waals surface area contributed by atoms with Gasteiger partial charge in [0.1, 0.15) is 11.5 Å². The minimum absolute atomic E-state index is 0.0355. The van der Waals surface area contributed by atoms with Gasteiger partial charge in [-0.2, -0.15) is 8.78 Å². The highest BCUT2D eigenvalue weighted by Gasteiger charge is 2.13. The fourth-order valence-corrected chi connectivity index (χ4v) is 2.06. The smallest absolute Gasteiger partial charge is 0.387 e. The van der Waals surface area contributed by atoms with Crippen molar-refractivity contribution in [3.63, 3.8) is 0 Å². The fraction of sp³-hybridized carbons (Fsp3) is 0.263. The summed E-state index contributed by atoms with van der Waals surface area (Å²) in [5, 5.41) is 2.35. The molecule has 0 aliphatic rings. The van der Waals surface area contributed by atoms with E-state index in [1.165, 1.54) is 18.2 Å². The maximum atomic E-state index is 12.3. The minimum atomic E-state index is -3.02. The van der Waals surface area contributed by atoms with Gasteiger partial charge in [-0.05, 0) is 31.2 Å². The highest BCUT2D eigenvalue weighted by atomic mass is 19.3. The molecule has 1 amide bonds. The van der Waals surface area contributed by atoms with E-state index in [4.69, 9.17) is 9.47 Å². The Kier molecular flexibility index (Phi) is 7.54. The van der Waals surface area contributed by atoms with Gasteiger partial charge < -0.3 is 19.5 Å². The van der Waals surface area contributed by atoms with Gasteiger partial charge in [-0.25, -0.2) is 0 Å². The van der Waals surface area contributed by atoms with E-state index in [0.29, 0.717) is 5.75 Å². The van der Waals surface area contributed by atoms with E-state index < -0.39 is 25.1 Å². The lowest BCUT2D eigenvalue weighted by atomic mass is 10.2. The predicted molar refractivity (Wildman–Crippen MR) is 94.0 cm³/mol. The van der Waals surface area contributed by atoms with Gasteiger partial charge in [-0.15, -0.1) is 0 Å². The van der Waals surface area contributed by atoms with E-state index in [9.17, 15) is 18.4 Å². The van der Waals surface area contributed by atoms with Gasteiger partial charge in [0.2, 0.25) is 0 Å². The molecule has 2 aromatic rings. The third-order valence-corrected chi connectivity index (χ3v) is 3.34. The molecule has 0 radical (unpaired) electrons. The molecule has 144 valence electrons. The number of carbonyl (C=O) groups excluding carboxylic acids is 2. The normalized spacial score (nSPS) is 10.4. The SMILES string of the molecule is Cc1ccc(OCCC(=O)OCC(=O)Nc2ccccc2OC(F)F)cc1. The van der Waals surface area contributed by atoms with Crippen molar-refractivity contribution in [1.29, 1.82) is 0 Å². The van der Waals surface area contributed by atoms with Crippen LogP contribution < -0.4 is 14.8 Å². The zero-order chi connectivity index (χ0) is 19.6. The number of ether oxygens (including phenoxy) is 3. The van der Waals surface area contributed by atoms with Crippen molar-refractivity contribution in [3.8, 4) is 11.5 Å². The molecule has 0 unspecified atom stereocenters. The standard InChI is InChI=1S/C19H19F2NO5/c1-13-6-8-14(9-7-13)25-11-10-18(24)26-12-17(23)22-15-4-2-3-5-16(15)27-19(20)21/h2-9,19H,10-12H2,1H3,(H,22,23). The maximum absolute atomic E-state index is 12.3. The van der Waals surface area contributed by atoms with Crippen LogP contribution in [0.3, 0.4) is 0 Å². The Balaban J connectivity index is 1.72. The average molecular weight is 379 g/mol. The maximum Gasteiger partial charge on any atom is 0.387 e. The molecule has 0 aromatic heterocycles. The number of halogens is 2. The Morgan fingerprint density at radius 3 is 2.48 bits per heavy atom. The van der Waals surface area contributed by atoms with Gasteiger partial charge in [0.25, 0.3) is 5.91 Å². The number of amides is 1. The number of rotatable bonds is 9. The second kappa shape index (κ2) is 10.1. The van der Waals surface area contributed by atoms with E-state index in [0.717, 1.165) is 5.56 Å². The number of para-hydroxylation sites is 2. The summed E-state index contributed by atoms with van der Waals surface area (Å²) in [6, 6.07) is 13.0. The monoisotopic (exact) mass is 379 g/mol. The molecular weight excluding hydrogens is 360 g/mol. The number of alkyl halides is 2. The molecule has 0 atom stereocenters. The van der Waals surface area contributed by atoms with Crippen LogP contribution in [0.4, 0.5) is 14.5 Å². The van der Waals surface area contributed by atoms with Crippen molar-refractivity contribution < 1.29 is 32.6 Å². The summed E-state index contributed by atoms with van der Waals surface area (Å²) < 4.78 is 39.2. The molecule has 0 heterocycles. The van der Waals surface area contributed by atoms with Crippen LogP contribution in [0.1, 0.15) is 12.0 Å². The molecular formula is C19H19F2NO5. The molecule has 0 bridgehead atoms. The molecule has 0 fully saturated rings. The summed E-state index contributed by atoms with van der Waals surface area (Å²) in [6.45, 7) is -1.51. The van der Waals surface area contributed by atoms with Gasteiger partial charge in [-0.3, -0.25) is 9.59 Å². The van der Waals surface area contributed by atoms with E-state index in [1.54, 1.807) is 18.2 Å². The number of anilines is 1. The molecule has 0 saturated heterocycles. The first-order chi connectivity index (χ1) is 12.9. The average Bonchev–Trinajstić information content (AvgIpc) is 2.63. The summed E-state index contributed by atoms with van der Waals surface area (Å²) in [4.78, 5) is 23.5. The second-order valence-corrected chi connectivity index (χ2v) is 5.50. The first kappa shape index (κ1) is 20.2. The summed E-state index contributed by atoms with van der Waals surface area (Å²) >= 11 is 0. The molecule has 8 heteroatoms. The van der Waals surface area contributed by atoms with Crippen molar-refractivity contribution in [2.24, 2.45) is 0 Å². The van der Waals surface area contributed by atoms with Crippen LogP contribution >= 0.6 is 0 Å². The van der Waals surface area contributed by atoms with Crippen molar-refractivity contribution in [2.75, 3.05) is 18.5 Å². The quantitative estimate of drug-likeness (QED) is 0.675. The number of esters is 1. The van der Waals surface area contributed by atoms with Crippen molar-refractivity contribution in [2.45, 2.75) is 20.0 Å². The highest BCUT2D eigenvalue weighted by Crippen LogP contribution is 2.25. The number of hydrogen-bond acceptors (Lipinski definition) is 5. The highest BCUT2D eigenvalue weighted by molar-refractivity contribution is 5.94. The van der Waals surface area contributed by atoms with Crippen molar-refractivity contribution in [1.82, 2.24) is 0 Å². The molecule has 6 nitrogen and oxygen atoms in total. The fourth-order valence-electron chi connectivity index (χ4n) is 2.06. The molecule has 2 rings (SSSR count). The third kappa shape index (κ3) is 7.31. The largest absolute Gasteiger partial charge is 0.493 e. The first-order valence-corrected chi connectivity index (χ1v) is 8.13. The van der Waals surface area contributed by atoms with Gasteiger partial charge >= 0.3 is 12.6 Å². The van der Waals surface area contributed by atoms with E-state index >= 15 is 0 Å². The van der Waals surface area contributed by atoms with Gasteiger partial charge in [-0.1, -0.05) is 29.8 Å². The van der Waals surface area contributed by atoms with Crippen LogP contribution in [0, 0.1) is 6.92 Å². The molecule has 1 N–H and O–H groups in total. The van der Waals surface area contributed by atoms with E-state index in [2.05, 4.69) is 10.1 Å². The van der Waals surface area contributed by atoms with Gasteiger partial charge in [0.15, 0.2) is 6.61 Å². The van der Waals surface area contributed by atoms with Crippen LogP contribution in [0.15, 0.2) is 48.5 Å². The second-order valence-electron chi connectivity index (χ2n) is 5.50. The minimum Gasteiger partial charge on any atom is -0.493 e. The molecule has 0 aliphatic carbocycles. The molecule has 0 saturated carbocycles. The number of benzene rings is 2. The Hall–Kier alpha value is -3.16. The molecule has 0 aliphatic heterocycles. The lowest BCUT2D eigenvalue weighted by Gasteiger charge is -2.12. The Labute approximate surface area is 155 Å². The Morgan fingerprint density at radius 1 is 1.07 bits per heavy atom. The van der Waals surface area contributed by atoms with Gasteiger partial charge in [0.05, 0.1) is 18.7 Å². The number of hydrogen-bond donors (Lipinski definition) is 1. The lowest BCUT2D eigenvalue weighted by molar-refractivity contribution is -0.147. The van der Waals surface area contributed by atoms with E-state index in [-0.39, 0.29) is 24.5 Å². The van der Waals surface area contributed by atoms with Crippen LogP contribution in [0.25, 0.3) is 0 Å². The zero-order valence-corrected chi connectivity index (χ0v) is 14.6. The predicted octanol–water partition coefficient (Wildman–Crippen LogP) is 3.55. The van der Waals surface area contributed by atoms with Crippen LogP contribution in [0.5, 0.6) is 11.5 Å². The van der Waals surface area contributed by atoms with E-state index in [1.807, 2.05) is 19.1 Å². The van der Waals surface area contributed by atoms with Crippen LogP contribution in [-0.4, -0.2) is 31.7 Å². The molecule has 0 spiro atoms. The Bertz CT molecular complexity index is 765. The third-order valence-electron chi connectivity index (χ3n) is 3.34. The molecule has 2 aromatic carbocycles. The van der Waals surface area contributed by atoms with Crippen LogP contribution in [0.2, 0.25) is 0 Å².